The van der Waals surface area contributed by atoms with E-state index in [0.29, 0.717) is 58.4 Å². The van der Waals surface area contributed by atoms with Crippen LogP contribution in [-0.4, -0.2) is 52.1 Å². The van der Waals surface area contributed by atoms with E-state index in [9.17, 15) is 14.7 Å². The molecule has 2 N–H and O–H groups in total. The summed E-state index contributed by atoms with van der Waals surface area (Å²) in [5, 5.41) is 11.6. The van der Waals surface area contributed by atoms with Crippen LogP contribution in [0.25, 0.3) is 22.9 Å². The lowest BCUT2D eigenvalue weighted by Crippen LogP contribution is -2.49. The second-order valence-electron chi connectivity index (χ2n) is 8.93. The van der Waals surface area contributed by atoms with Crippen LogP contribution in [0.15, 0.2) is 65.5 Å². The molecule has 4 aromatic rings. The van der Waals surface area contributed by atoms with Crippen molar-refractivity contribution in [2.24, 2.45) is 0 Å². The minimum atomic E-state index is -0.469. The summed E-state index contributed by atoms with van der Waals surface area (Å²) in [6, 6.07) is 17.5. The van der Waals surface area contributed by atoms with Gasteiger partial charge in [-0.2, -0.15) is 0 Å². The quantitative estimate of drug-likeness (QED) is 0.334. The SMILES string of the molecule is Cc1ccc(Cl)cc1N1CCN(C(=O)c2ccc3nc(C=C(O)c4ccc(Cl)cc4)c(=O)[nH]c3c2)CC1. The van der Waals surface area contributed by atoms with Crippen molar-refractivity contribution in [2.45, 2.75) is 6.92 Å². The molecule has 1 amide bonds. The van der Waals surface area contributed by atoms with E-state index in [1.54, 1.807) is 42.5 Å². The van der Waals surface area contributed by atoms with Crippen LogP contribution in [0.5, 0.6) is 0 Å². The number of anilines is 1. The number of aromatic nitrogens is 2. The maximum atomic E-state index is 13.2. The Morgan fingerprint density at radius 3 is 2.35 bits per heavy atom. The van der Waals surface area contributed by atoms with Gasteiger partial charge in [0.1, 0.15) is 11.5 Å². The zero-order valence-electron chi connectivity index (χ0n) is 20.0. The average Bonchev–Trinajstić information content (AvgIpc) is 2.90. The van der Waals surface area contributed by atoms with E-state index in [4.69, 9.17) is 23.2 Å². The number of piperazine rings is 1. The number of aryl methyl sites for hydroxylation is 1. The van der Waals surface area contributed by atoms with Crippen molar-refractivity contribution in [1.82, 2.24) is 14.9 Å². The van der Waals surface area contributed by atoms with E-state index in [1.165, 1.54) is 6.08 Å². The number of nitrogens with one attached hydrogen (secondary N) is 1. The number of carbonyl (C=O) groups is 1. The first-order chi connectivity index (χ1) is 17.8. The van der Waals surface area contributed by atoms with Crippen molar-refractivity contribution < 1.29 is 9.90 Å². The number of H-pyrrole nitrogens is 1. The number of hydrogen-bond donors (Lipinski definition) is 2. The molecule has 0 bridgehead atoms. The zero-order chi connectivity index (χ0) is 26.1. The van der Waals surface area contributed by atoms with Gasteiger partial charge in [0, 0.05) is 59.1 Å². The lowest BCUT2D eigenvalue weighted by molar-refractivity contribution is 0.0747. The average molecular weight is 535 g/mol. The number of carbonyl (C=O) groups excluding carboxylic acids is 1. The van der Waals surface area contributed by atoms with Gasteiger partial charge in [0.15, 0.2) is 0 Å². The number of halogens is 2. The van der Waals surface area contributed by atoms with Crippen LogP contribution in [0.2, 0.25) is 10.0 Å². The monoisotopic (exact) mass is 534 g/mol. The van der Waals surface area contributed by atoms with Crippen molar-refractivity contribution in [2.75, 3.05) is 31.1 Å². The van der Waals surface area contributed by atoms with Crippen LogP contribution >= 0.6 is 23.2 Å². The third-order valence-corrected chi connectivity index (χ3v) is 6.94. The Bertz CT molecular complexity index is 1570. The number of aliphatic hydroxyl groups excluding tert-OH is 1. The Morgan fingerprint density at radius 1 is 0.946 bits per heavy atom. The normalized spacial score (nSPS) is 14.3. The van der Waals surface area contributed by atoms with E-state index in [1.807, 2.05) is 30.0 Å². The number of aliphatic hydroxyl groups is 1. The fourth-order valence-electron chi connectivity index (χ4n) is 4.42. The summed E-state index contributed by atoms with van der Waals surface area (Å²) in [6.45, 7) is 4.60. The van der Waals surface area contributed by atoms with Crippen LogP contribution < -0.4 is 10.5 Å². The van der Waals surface area contributed by atoms with Gasteiger partial charge in [0.2, 0.25) is 0 Å². The van der Waals surface area contributed by atoms with E-state index < -0.39 is 5.56 Å². The molecule has 0 radical (unpaired) electrons. The van der Waals surface area contributed by atoms with Gasteiger partial charge in [-0.1, -0.05) is 29.3 Å². The smallest absolute Gasteiger partial charge is 0.274 e. The fraction of sp³-hybridized carbons (Fsp3) is 0.179. The molecule has 9 heteroatoms. The number of hydrogen-bond acceptors (Lipinski definition) is 5. The number of aromatic amines is 1. The Kier molecular flexibility index (Phi) is 6.91. The van der Waals surface area contributed by atoms with Crippen molar-refractivity contribution >= 4 is 57.7 Å². The Hall–Kier alpha value is -3.81. The first-order valence-electron chi connectivity index (χ1n) is 11.8. The highest BCUT2D eigenvalue weighted by Gasteiger charge is 2.23. The van der Waals surface area contributed by atoms with Gasteiger partial charge in [-0.05, 0) is 67.1 Å². The van der Waals surface area contributed by atoms with Crippen molar-refractivity contribution in [3.05, 3.63) is 103 Å². The second kappa shape index (κ2) is 10.3. The van der Waals surface area contributed by atoms with Crippen LogP contribution in [0.3, 0.4) is 0 Å². The Balaban J connectivity index is 1.33. The molecule has 5 rings (SSSR count). The molecule has 0 spiro atoms. The zero-order valence-corrected chi connectivity index (χ0v) is 21.6. The molecule has 3 aromatic carbocycles. The van der Waals surface area contributed by atoms with Gasteiger partial charge < -0.3 is 19.9 Å². The molecule has 0 aliphatic carbocycles. The lowest BCUT2D eigenvalue weighted by Gasteiger charge is -2.37. The highest BCUT2D eigenvalue weighted by atomic mass is 35.5. The molecule has 0 atom stereocenters. The minimum Gasteiger partial charge on any atom is -0.507 e. The van der Waals surface area contributed by atoms with Crippen LogP contribution in [-0.2, 0) is 0 Å². The van der Waals surface area contributed by atoms with E-state index in [0.717, 1.165) is 11.3 Å². The lowest BCUT2D eigenvalue weighted by atomic mass is 10.1. The van der Waals surface area contributed by atoms with Crippen LogP contribution in [0, 0.1) is 6.92 Å². The van der Waals surface area contributed by atoms with E-state index in [-0.39, 0.29) is 17.4 Å². The predicted molar refractivity (Wildman–Crippen MR) is 149 cm³/mol. The molecule has 7 nitrogen and oxygen atoms in total. The molecule has 1 aliphatic heterocycles. The van der Waals surface area contributed by atoms with Gasteiger partial charge in [-0.15, -0.1) is 0 Å². The summed E-state index contributed by atoms with van der Waals surface area (Å²) in [6.07, 6.45) is 1.31. The summed E-state index contributed by atoms with van der Waals surface area (Å²) < 4.78 is 0. The number of rotatable bonds is 4. The number of nitrogens with zero attached hydrogens (tertiary/aromatic N) is 3. The van der Waals surface area contributed by atoms with Crippen LogP contribution in [0.1, 0.15) is 27.2 Å². The number of fused-ring (bicyclic) bond motifs is 1. The Labute approximate surface area is 223 Å². The summed E-state index contributed by atoms with van der Waals surface area (Å²) in [7, 11) is 0. The molecule has 1 saturated heterocycles. The summed E-state index contributed by atoms with van der Waals surface area (Å²) in [5.74, 6) is -0.206. The van der Waals surface area contributed by atoms with Gasteiger partial charge >= 0.3 is 0 Å². The minimum absolute atomic E-state index is 0.0615. The molecular weight excluding hydrogens is 511 g/mol. The van der Waals surface area contributed by atoms with Crippen molar-refractivity contribution in [3.63, 3.8) is 0 Å². The molecular formula is C28H24Cl2N4O3. The summed E-state index contributed by atoms with van der Waals surface area (Å²) in [4.78, 5) is 37.1. The molecule has 1 aliphatic rings. The number of benzene rings is 3. The van der Waals surface area contributed by atoms with Gasteiger partial charge in [-0.3, -0.25) is 9.59 Å². The topological polar surface area (TPSA) is 89.5 Å². The van der Waals surface area contributed by atoms with Crippen LogP contribution in [0.4, 0.5) is 5.69 Å². The number of amides is 1. The molecule has 0 saturated carbocycles. The van der Waals surface area contributed by atoms with Crippen molar-refractivity contribution in [3.8, 4) is 0 Å². The van der Waals surface area contributed by atoms with E-state index in [2.05, 4.69) is 14.9 Å². The first kappa shape index (κ1) is 24.9. The maximum absolute atomic E-state index is 13.2. The summed E-state index contributed by atoms with van der Waals surface area (Å²) in [5.41, 5.74) is 3.77. The first-order valence-corrected chi connectivity index (χ1v) is 12.5. The second-order valence-corrected chi connectivity index (χ2v) is 9.80. The van der Waals surface area contributed by atoms with Gasteiger partial charge in [0.25, 0.3) is 11.5 Å². The standard InChI is InChI=1S/C28H24Cl2N4O3/c1-17-2-6-21(30)15-25(17)33-10-12-34(13-11-33)28(37)19-5-9-22-23(14-19)32-27(36)24(31-22)16-26(35)18-3-7-20(29)8-4-18/h2-9,14-16,35H,10-13H2,1H3,(H,32,36). The third-order valence-electron chi connectivity index (χ3n) is 6.46. The third kappa shape index (κ3) is 5.33. The van der Waals surface area contributed by atoms with Gasteiger partial charge in [-0.25, -0.2) is 4.98 Å². The van der Waals surface area contributed by atoms with Gasteiger partial charge in [0.05, 0.1) is 11.0 Å². The molecule has 1 aromatic heterocycles. The fourth-order valence-corrected chi connectivity index (χ4v) is 4.71. The molecule has 188 valence electrons. The molecule has 2 heterocycles. The van der Waals surface area contributed by atoms with E-state index >= 15 is 0 Å². The summed E-state index contributed by atoms with van der Waals surface area (Å²) >= 11 is 12.1. The Morgan fingerprint density at radius 2 is 1.62 bits per heavy atom. The highest BCUT2D eigenvalue weighted by molar-refractivity contribution is 6.31. The molecule has 0 unspecified atom stereocenters. The van der Waals surface area contributed by atoms with Crippen molar-refractivity contribution in [1.29, 1.82) is 0 Å². The molecule has 37 heavy (non-hydrogen) atoms. The predicted octanol–water partition coefficient (Wildman–Crippen LogP) is 5.56. The molecule has 1 fully saturated rings. The maximum Gasteiger partial charge on any atom is 0.274 e. The largest absolute Gasteiger partial charge is 0.507 e. The highest BCUT2D eigenvalue weighted by Crippen LogP contribution is 2.26.